The third kappa shape index (κ3) is 4.70. The number of anilines is 1. The largest absolute Gasteiger partial charge is 0.411 e. The van der Waals surface area contributed by atoms with Crippen molar-refractivity contribution >= 4 is 16.5 Å². The van der Waals surface area contributed by atoms with E-state index in [1.165, 1.54) is 0 Å². The van der Waals surface area contributed by atoms with Gasteiger partial charge < -0.3 is 10.5 Å². The molecule has 0 saturated heterocycles. The number of ether oxygens (including phenoxy) is 1. The Hall–Kier alpha value is -1.15. The molecule has 0 spiro atoms. The zero-order valence-corrected chi connectivity index (χ0v) is 9.28. The van der Waals surface area contributed by atoms with Crippen LogP contribution < -0.4 is 5.73 Å². The van der Waals surface area contributed by atoms with Gasteiger partial charge in [0.05, 0.1) is 21.4 Å². The first kappa shape index (κ1) is 13.9. The number of benzene rings is 1. The van der Waals surface area contributed by atoms with Crippen molar-refractivity contribution in [2.45, 2.75) is 11.1 Å². The molecule has 0 fully saturated rings. The van der Waals surface area contributed by atoms with Crippen LogP contribution in [0.15, 0.2) is 23.1 Å². The Morgan fingerprint density at radius 1 is 1.35 bits per heavy atom. The van der Waals surface area contributed by atoms with Gasteiger partial charge in [-0.1, -0.05) is 0 Å². The first-order valence-electron chi connectivity index (χ1n) is 4.37. The standard InChI is InChI=1S/C9H9F4NO2S/c10-6-1-2-8(7(14)3-6)17(15)5-16-4-9(11,12)13/h1-3H,4-5,14H2. The molecule has 0 bridgehead atoms. The molecule has 1 rings (SSSR count). The molecule has 0 aliphatic rings. The second-order valence-electron chi connectivity index (χ2n) is 3.11. The molecule has 0 saturated carbocycles. The molecular formula is C9H9F4NO2S. The van der Waals surface area contributed by atoms with Crippen molar-refractivity contribution in [2.75, 3.05) is 18.3 Å². The van der Waals surface area contributed by atoms with E-state index in [1.54, 1.807) is 0 Å². The minimum absolute atomic E-state index is 0.0496. The Morgan fingerprint density at radius 3 is 2.53 bits per heavy atom. The van der Waals surface area contributed by atoms with E-state index in [2.05, 4.69) is 4.74 Å². The summed E-state index contributed by atoms with van der Waals surface area (Å²) >= 11 is 0. The normalized spacial score (nSPS) is 13.6. The molecule has 96 valence electrons. The fourth-order valence-corrected chi connectivity index (χ4v) is 1.93. The van der Waals surface area contributed by atoms with Crippen LogP contribution in [0.1, 0.15) is 0 Å². The van der Waals surface area contributed by atoms with Crippen LogP contribution >= 0.6 is 0 Å². The SMILES string of the molecule is Nc1cc(F)ccc1S(=O)COCC(F)(F)F. The summed E-state index contributed by atoms with van der Waals surface area (Å²) < 4.78 is 63.6. The highest BCUT2D eigenvalue weighted by molar-refractivity contribution is 7.85. The lowest BCUT2D eigenvalue weighted by Crippen LogP contribution is -2.19. The van der Waals surface area contributed by atoms with Crippen molar-refractivity contribution in [1.82, 2.24) is 0 Å². The van der Waals surface area contributed by atoms with Crippen molar-refractivity contribution in [3.8, 4) is 0 Å². The van der Waals surface area contributed by atoms with Gasteiger partial charge in [0.1, 0.15) is 18.4 Å². The molecule has 0 aliphatic carbocycles. The van der Waals surface area contributed by atoms with Gasteiger partial charge in [-0.15, -0.1) is 0 Å². The van der Waals surface area contributed by atoms with Crippen LogP contribution in [0.3, 0.4) is 0 Å². The lowest BCUT2D eigenvalue weighted by molar-refractivity contribution is -0.169. The molecule has 1 aromatic rings. The van der Waals surface area contributed by atoms with Crippen LogP contribution in [0.5, 0.6) is 0 Å². The molecule has 1 aromatic carbocycles. The topological polar surface area (TPSA) is 52.3 Å². The Labute approximate surface area is 97.0 Å². The first-order valence-corrected chi connectivity index (χ1v) is 5.69. The van der Waals surface area contributed by atoms with Crippen molar-refractivity contribution in [2.24, 2.45) is 0 Å². The summed E-state index contributed by atoms with van der Waals surface area (Å²) in [5.74, 6) is -1.26. The van der Waals surface area contributed by atoms with Crippen molar-refractivity contribution in [3.63, 3.8) is 0 Å². The van der Waals surface area contributed by atoms with Crippen LogP contribution in [-0.2, 0) is 15.5 Å². The summed E-state index contributed by atoms with van der Waals surface area (Å²) in [4.78, 5) is 0.0496. The van der Waals surface area contributed by atoms with Crippen LogP contribution in [-0.4, -0.2) is 22.9 Å². The van der Waals surface area contributed by atoms with E-state index in [0.29, 0.717) is 0 Å². The lowest BCUT2D eigenvalue weighted by atomic mass is 10.3. The van der Waals surface area contributed by atoms with Gasteiger partial charge in [-0.25, -0.2) is 4.39 Å². The highest BCUT2D eigenvalue weighted by atomic mass is 32.2. The van der Waals surface area contributed by atoms with Crippen molar-refractivity contribution in [3.05, 3.63) is 24.0 Å². The second kappa shape index (κ2) is 5.46. The third-order valence-electron chi connectivity index (χ3n) is 1.67. The molecule has 17 heavy (non-hydrogen) atoms. The van der Waals surface area contributed by atoms with Crippen LogP contribution in [0.2, 0.25) is 0 Å². The summed E-state index contributed by atoms with van der Waals surface area (Å²) in [6.07, 6.45) is -4.47. The fourth-order valence-electron chi connectivity index (χ4n) is 1.02. The van der Waals surface area contributed by atoms with E-state index in [4.69, 9.17) is 5.73 Å². The first-order chi connectivity index (χ1) is 7.79. The van der Waals surface area contributed by atoms with Crippen LogP contribution in [0, 0.1) is 5.82 Å². The molecular weight excluding hydrogens is 262 g/mol. The smallest absolute Gasteiger partial charge is 0.398 e. The minimum atomic E-state index is -4.47. The minimum Gasteiger partial charge on any atom is -0.398 e. The Balaban J connectivity index is 2.59. The molecule has 0 amide bonds. The number of alkyl halides is 3. The number of nitrogens with two attached hydrogens (primary N) is 1. The molecule has 0 aliphatic heterocycles. The predicted octanol–water partition coefficient (Wildman–Crippen LogP) is 2.05. The van der Waals surface area contributed by atoms with Crippen molar-refractivity contribution < 1.29 is 26.5 Å². The average Bonchev–Trinajstić information content (AvgIpc) is 2.15. The van der Waals surface area contributed by atoms with Gasteiger partial charge in [0, 0.05) is 0 Å². The average molecular weight is 271 g/mol. The molecule has 2 N–H and O–H groups in total. The third-order valence-corrected chi connectivity index (χ3v) is 2.92. The maximum absolute atomic E-state index is 12.7. The lowest BCUT2D eigenvalue weighted by Gasteiger charge is -2.08. The van der Waals surface area contributed by atoms with Crippen LogP contribution in [0.25, 0.3) is 0 Å². The molecule has 3 nitrogen and oxygen atoms in total. The highest BCUT2D eigenvalue weighted by Crippen LogP contribution is 2.19. The van der Waals surface area contributed by atoms with E-state index < -0.39 is 35.3 Å². The maximum Gasteiger partial charge on any atom is 0.411 e. The van der Waals surface area contributed by atoms with Gasteiger partial charge >= 0.3 is 6.18 Å². The van der Waals surface area contributed by atoms with Crippen LogP contribution in [0.4, 0.5) is 23.2 Å². The zero-order chi connectivity index (χ0) is 13.1. The summed E-state index contributed by atoms with van der Waals surface area (Å²) in [5, 5.41) is 0. The Morgan fingerprint density at radius 2 is 2.00 bits per heavy atom. The van der Waals surface area contributed by atoms with Gasteiger partial charge in [0.15, 0.2) is 0 Å². The zero-order valence-electron chi connectivity index (χ0n) is 8.46. The molecule has 8 heteroatoms. The van der Waals surface area contributed by atoms with Gasteiger partial charge in [0.2, 0.25) is 0 Å². The maximum atomic E-state index is 12.7. The quantitative estimate of drug-likeness (QED) is 0.673. The van der Waals surface area contributed by atoms with E-state index in [0.717, 1.165) is 18.2 Å². The van der Waals surface area contributed by atoms with Crippen molar-refractivity contribution in [1.29, 1.82) is 0 Å². The van der Waals surface area contributed by atoms with Gasteiger partial charge in [-0.3, -0.25) is 4.21 Å². The molecule has 0 aromatic heterocycles. The number of rotatable bonds is 4. The number of nitrogen functional groups attached to an aromatic ring is 1. The second-order valence-corrected chi connectivity index (χ2v) is 4.48. The van der Waals surface area contributed by atoms with Gasteiger partial charge in [-0.05, 0) is 18.2 Å². The summed E-state index contributed by atoms with van der Waals surface area (Å²) in [6, 6.07) is 3.11. The highest BCUT2D eigenvalue weighted by Gasteiger charge is 2.27. The van der Waals surface area contributed by atoms with E-state index in [1.807, 2.05) is 0 Å². The molecule has 0 heterocycles. The summed E-state index contributed by atoms with van der Waals surface area (Å²) in [5.41, 5.74) is 5.28. The monoisotopic (exact) mass is 271 g/mol. The molecule has 1 unspecified atom stereocenters. The number of hydrogen-bond donors (Lipinski definition) is 1. The van der Waals surface area contributed by atoms with Gasteiger partial charge in [-0.2, -0.15) is 13.2 Å². The fraction of sp³-hybridized carbons (Fsp3) is 0.333. The molecule has 0 radical (unpaired) electrons. The number of halogens is 4. The van der Waals surface area contributed by atoms with E-state index in [9.17, 15) is 21.8 Å². The predicted molar refractivity (Wildman–Crippen MR) is 54.1 cm³/mol. The number of hydrogen-bond acceptors (Lipinski definition) is 3. The van der Waals surface area contributed by atoms with Gasteiger partial charge in [0.25, 0.3) is 0 Å². The Kier molecular flexibility index (Phi) is 4.47. The summed E-state index contributed by atoms with van der Waals surface area (Å²) in [6.45, 7) is -1.49. The molecule has 1 atom stereocenters. The van der Waals surface area contributed by atoms with E-state index in [-0.39, 0.29) is 10.6 Å². The summed E-state index contributed by atoms with van der Waals surface area (Å²) in [7, 11) is -1.85. The Bertz CT molecular complexity index is 422. The van der Waals surface area contributed by atoms with E-state index >= 15 is 0 Å².